The third-order valence-electron chi connectivity index (χ3n) is 2.70. The minimum absolute atomic E-state index is 0.292. The van der Waals surface area contributed by atoms with Gasteiger partial charge in [0.05, 0.1) is 0 Å². The van der Waals surface area contributed by atoms with Crippen LogP contribution in [0.3, 0.4) is 0 Å². The van der Waals surface area contributed by atoms with Crippen molar-refractivity contribution in [2.45, 2.75) is 32.6 Å². The van der Waals surface area contributed by atoms with Gasteiger partial charge in [0, 0.05) is 26.2 Å². The lowest BCUT2D eigenvalue weighted by molar-refractivity contribution is -0.117. The zero-order chi connectivity index (χ0) is 12.0. The first kappa shape index (κ1) is 12.8. The normalized spacial score (nSPS) is 10.2. The molecule has 1 rings (SSSR count). The SMILES string of the molecule is CC(=O)CCCCc1ccccc1N(C)C. The lowest BCUT2D eigenvalue weighted by atomic mass is 10.0. The van der Waals surface area contributed by atoms with Crippen LogP contribution in [0.5, 0.6) is 0 Å². The standard InChI is InChI=1S/C14H21NO/c1-12(16)8-4-5-9-13-10-6-7-11-14(13)15(2)3/h6-7,10-11H,4-5,8-9H2,1-3H3. The predicted octanol–water partition coefficient (Wildman–Crippen LogP) is 3.05. The Kier molecular flexibility index (Phi) is 5.03. The van der Waals surface area contributed by atoms with Gasteiger partial charge in [-0.15, -0.1) is 0 Å². The number of rotatable bonds is 6. The van der Waals surface area contributed by atoms with Crippen molar-refractivity contribution in [1.29, 1.82) is 0 Å². The van der Waals surface area contributed by atoms with Gasteiger partial charge in [0.15, 0.2) is 0 Å². The van der Waals surface area contributed by atoms with Gasteiger partial charge in [-0.05, 0) is 37.8 Å². The van der Waals surface area contributed by atoms with Crippen LogP contribution in [0.1, 0.15) is 31.7 Å². The fourth-order valence-corrected chi connectivity index (χ4v) is 1.85. The van der Waals surface area contributed by atoms with Crippen molar-refractivity contribution in [3.8, 4) is 0 Å². The first-order chi connectivity index (χ1) is 7.61. The number of hydrogen-bond donors (Lipinski definition) is 0. The van der Waals surface area contributed by atoms with Crippen molar-refractivity contribution in [3.05, 3.63) is 29.8 Å². The zero-order valence-corrected chi connectivity index (χ0v) is 10.5. The molecule has 0 heterocycles. The molecule has 0 bridgehead atoms. The minimum Gasteiger partial charge on any atom is -0.377 e. The number of hydrogen-bond acceptors (Lipinski definition) is 2. The molecule has 88 valence electrons. The Bertz CT molecular complexity index is 344. The molecule has 0 N–H and O–H groups in total. The number of para-hydroxylation sites is 1. The van der Waals surface area contributed by atoms with Crippen LogP contribution in [-0.4, -0.2) is 19.9 Å². The van der Waals surface area contributed by atoms with E-state index in [-0.39, 0.29) is 0 Å². The van der Waals surface area contributed by atoms with E-state index in [9.17, 15) is 4.79 Å². The molecule has 1 aromatic rings. The molecule has 1 aromatic carbocycles. The first-order valence-electron chi connectivity index (χ1n) is 5.86. The van der Waals surface area contributed by atoms with Gasteiger partial charge >= 0.3 is 0 Å². The summed E-state index contributed by atoms with van der Waals surface area (Å²) < 4.78 is 0. The van der Waals surface area contributed by atoms with Crippen LogP contribution in [-0.2, 0) is 11.2 Å². The topological polar surface area (TPSA) is 20.3 Å². The van der Waals surface area contributed by atoms with E-state index in [0.29, 0.717) is 12.2 Å². The largest absolute Gasteiger partial charge is 0.377 e. The third-order valence-corrected chi connectivity index (χ3v) is 2.70. The Balaban J connectivity index is 2.50. The summed E-state index contributed by atoms with van der Waals surface area (Å²) in [6.07, 6.45) is 3.85. The number of aryl methyl sites for hydroxylation is 1. The van der Waals surface area contributed by atoms with Crippen LogP contribution in [0.25, 0.3) is 0 Å². The Morgan fingerprint density at radius 3 is 2.50 bits per heavy atom. The summed E-state index contributed by atoms with van der Waals surface area (Å²) >= 11 is 0. The van der Waals surface area contributed by atoms with E-state index in [2.05, 4.69) is 43.3 Å². The van der Waals surface area contributed by atoms with Crippen LogP contribution in [0.4, 0.5) is 5.69 Å². The van der Waals surface area contributed by atoms with Crippen molar-refractivity contribution < 1.29 is 4.79 Å². The molecule has 0 atom stereocenters. The van der Waals surface area contributed by atoms with Crippen molar-refractivity contribution in [2.24, 2.45) is 0 Å². The summed E-state index contributed by atoms with van der Waals surface area (Å²) in [6, 6.07) is 8.45. The lowest BCUT2D eigenvalue weighted by Gasteiger charge is -2.17. The molecule has 0 aliphatic carbocycles. The second kappa shape index (κ2) is 6.31. The number of unbranched alkanes of at least 4 members (excludes halogenated alkanes) is 1. The van der Waals surface area contributed by atoms with Gasteiger partial charge < -0.3 is 9.69 Å². The fourth-order valence-electron chi connectivity index (χ4n) is 1.85. The van der Waals surface area contributed by atoms with Gasteiger partial charge in [0.1, 0.15) is 5.78 Å². The average Bonchev–Trinajstić information content (AvgIpc) is 2.24. The summed E-state index contributed by atoms with van der Waals surface area (Å²) in [5, 5.41) is 0. The molecular formula is C14H21NO. The molecule has 0 spiro atoms. The molecule has 0 fully saturated rings. The van der Waals surface area contributed by atoms with E-state index in [4.69, 9.17) is 0 Å². The van der Waals surface area contributed by atoms with Crippen LogP contribution in [0.2, 0.25) is 0 Å². The summed E-state index contributed by atoms with van der Waals surface area (Å²) in [4.78, 5) is 13.0. The van der Waals surface area contributed by atoms with E-state index in [1.807, 2.05) is 0 Å². The molecule has 0 aliphatic rings. The Morgan fingerprint density at radius 2 is 1.88 bits per heavy atom. The molecule has 0 saturated heterocycles. The molecular weight excluding hydrogens is 198 g/mol. The van der Waals surface area contributed by atoms with E-state index in [0.717, 1.165) is 19.3 Å². The lowest BCUT2D eigenvalue weighted by Crippen LogP contribution is -2.11. The molecule has 0 amide bonds. The number of nitrogens with zero attached hydrogens (tertiary/aromatic N) is 1. The van der Waals surface area contributed by atoms with Crippen LogP contribution < -0.4 is 4.90 Å². The van der Waals surface area contributed by atoms with E-state index >= 15 is 0 Å². The van der Waals surface area contributed by atoms with Crippen LogP contribution in [0.15, 0.2) is 24.3 Å². The maximum absolute atomic E-state index is 10.8. The fraction of sp³-hybridized carbons (Fsp3) is 0.500. The van der Waals surface area contributed by atoms with Crippen molar-refractivity contribution in [3.63, 3.8) is 0 Å². The monoisotopic (exact) mass is 219 g/mol. The smallest absolute Gasteiger partial charge is 0.129 e. The number of carbonyl (C=O) groups is 1. The van der Waals surface area contributed by atoms with Gasteiger partial charge in [-0.3, -0.25) is 0 Å². The molecule has 0 aromatic heterocycles. The minimum atomic E-state index is 0.292. The number of carbonyl (C=O) groups excluding carboxylic acids is 1. The van der Waals surface area contributed by atoms with E-state index in [1.165, 1.54) is 11.3 Å². The van der Waals surface area contributed by atoms with E-state index < -0.39 is 0 Å². The highest BCUT2D eigenvalue weighted by atomic mass is 16.1. The Hall–Kier alpha value is -1.31. The zero-order valence-electron chi connectivity index (χ0n) is 10.5. The summed E-state index contributed by atoms with van der Waals surface area (Å²) in [7, 11) is 4.13. The van der Waals surface area contributed by atoms with Crippen molar-refractivity contribution in [1.82, 2.24) is 0 Å². The number of Topliss-reactive ketones (excluding diaryl/α,β-unsaturated/α-hetero) is 1. The highest BCUT2D eigenvalue weighted by Crippen LogP contribution is 2.20. The average molecular weight is 219 g/mol. The van der Waals surface area contributed by atoms with Crippen molar-refractivity contribution in [2.75, 3.05) is 19.0 Å². The molecule has 0 aliphatic heterocycles. The molecule has 2 heteroatoms. The Labute approximate surface area is 98.3 Å². The number of anilines is 1. The molecule has 0 saturated carbocycles. The van der Waals surface area contributed by atoms with Gasteiger partial charge in [0.2, 0.25) is 0 Å². The van der Waals surface area contributed by atoms with Crippen molar-refractivity contribution >= 4 is 11.5 Å². The van der Waals surface area contributed by atoms with Gasteiger partial charge in [-0.25, -0.2) is 0 Å². The summed E-state index contributed by atoms with van der Waals surface area (Å²) in [5.74, 6) is 0.292. The highest BCUT2D eigenvalue weighted by Gasteiger charge is 2.03. The molecule has 2 nitrogen and oxygen atoms in total. The maximum Gasteiger partial charge on any atom is 0.129 e. The molecule has 0 radical (unpaired) electrons. The first-order valence-corrected chi connectivity index (χ1v) is 5.86. The second-order valence-electron chi connectivity index (χ2n) is 4.43. The van der Waals surface area contributed by atoms with Gasteiger partial charge in [0.25, 0.3) is 0 Å². The highest BCUT2D eigenvalue weighted by molar-refractivity contribution is 5.75. The number of benzene rings is 1. The summed E-state index contributed by atoms with van der Waals surface area (Å²) in [6.45, 7) is 1.66. The summed E-state index contributed by atoms with van der Waals surface area (Å²) in [5.41, 5.74) is 2.65. The van der Waals surface area contributed by atoms with Crippen LogP contribution in [0, 0.1) is 0 Å². The Morgan fingerprint density at radius 1 is 1.19 bits per heavy atom. The quantitative estimate of drug-likeness (QED) is 0.685. The second-order valence-corrected chi connectivity index (χ2v) is 4.43. The predicted molar refractivity (Wildman–Crippen MR) is 69.0 cm³/mol. The number of ketones is 1. The molecule has 16 heavy (non-hydrogen) atoms. The van der Waals surface area contributed by atoms with Gasteiger partial charge in [-0.1, -0.05) is 18.2 Å². The van der Waals surface area contributed by atoms with E-state index in [1.54, 1.807) is 6.92 Å². The molecule has 0 unspecified atom stereocenters. The van der Waals surface area contributed by atoms with Crippen LogP contribution >= 0.6 is 0 Å². The van der Waals surface area contributed by atoms with Gasteiger partial charge in [-0.2, -0.15) is 0 Å². The third kappa shape index (κ3) is 4.05. The maximum atomic E-state index is 10.8.